The van der Waals surface area contributed by atoms with Crippen LogP contribution in [0.2, 0.25) is 0 Å². The molecule has 0 aliphatic carbocycles. The molecule has 0 amide bonds. The molecular formula is C25H13N3O. The van der Waals surface area contributed by atoms with Gasteiger partial charge >= 0.3 is 0 Å². The number of benzene rings is 4. The van der Waals surface area contributed by atoms with Crippen molar-refractivity contribution in [3.63, 3.8) is 0 Å². The van der Waals surface area contributed by atoms with Gasteiger partial charge in [0.05, 0.1) is 33.1 Å². The zero-order valence-electron chi connectivity index (χ0n) is 15.3. The van der Waals surface area contributed by atoms with Crippen LogP contribution >= 0.6 is 0 Å². The Morgan fingerprint density at radius 3 is 2.10 bits per heavy atom. The lowest BCUT2D eigenvalue weighted by Gasteiger charge is -2.09. The molecule has 4 heteroatoms. The van der Waals surface area contributed by atoms with Gasteiger partial charge in [0, 0.05) is 21.5 Å². The van der Waals surface area contributed by atoms with Crippen molar-refractivity contribution < 1.29 is 0 Å². The van der Waals surface area contributed by atoms with Crippen LogP contribution in [0.1, 0.15) is 0 Å². The van der Waals surface area contributed by atoms with Crippen LogP contribution < -0.4 is 5.56 Å². The maximum absolute atomic E-state index is 13.4. The second kappa shape index (κ2) is 5.06. The molecule has 29 heavy (non-hydrogen) atoms. The normalized spacial score (nSPS) is 12.3. The third kappa shape index (κ3) is 1.76. The first kappa shape index (κ1) is 14.9. The maximum Gasteiger partial charge on any atom is 0.263 e. The predicted molar refractivity (Wildman–Crippen MR) is 118 cm³/mol. The summed E-state index contributed by atoms with van der Waals surface area (Å²) >= 11 is 0. The van der Waals surface area contributed by atoms with Crippen LogP contribution in [0, 0.1) is 0 Å². The van der Waals surface area contributed by atoms with Gasteiger partial charge in [-0.1, -0.05) is 48.5 Å². The Morgan fingerprint density at radius 1 is 0.621 bits per heavy atom. The lowest BCUT2D eigenvalue weighted by atomic mass is 10.0. The highest BCUT2D eigenvalue weighted by atomic mass is 16.1. The number of pyridine rings is 1. The first-order valence-corrected chi connectivity index (χ1v) is 9.58. The van der Waals surface area contributed by atoms with Crippen molar-refractivity contribution in [3.8, 4) is 0 Å². The highest BCUT2D eigenvalue weighted by molar-refractivity contribution is 6.28. The third-order valence-corrected chi connectivity index (χ3v) is 5.90. The van der Waals surface area contributed by atoms with Gasteiger partial charge < -0.3 is 0 Å². The fourth-order valence-corrected chi connectivity index (χ4v) is 4.68. The van der Waals surface area contributed by atoms with Gasteiger partial charge in [0.25, 0.3) is 5.56 Å². The minimum Gasteiger partial charge on any atom is -0.275 e. The Kier molecular flexibility index (Phi) is 2.60. The van der Waals surface area contributed by atoms with Gasteiger partial charge in [-0.25, -0.2) is 9.97 Å². The molecule has 0 saturated heterocycles. The Bertz CT molecular complexity index is 1830. The Morgan fingerprint density at radius 2 is 1.28 bits per heavy atom. The summed E-state index contributed by atoms with van der Waals surface area (Å²) < 4.78 is 1.85. The molecule has 0 N–H and O–H groups in total. The van der Waals surface area contributed by atoms with Crippen molar-refractivity contribution in [2.24, 2.45) is 0 Å². The molecule has 4 aromatic carbocycles. The van der Waals surface area contributed by atoms with E-state index in [1.54, 1.807) is 0 Å². The number of fused-ring (bicyclic) bond motifs is 8. The molecule has 7 rings (SSSR count). The largest absolute Gasteiger partial charge is 0.275 e. The summed E-state index contributed by atoms with van der Waals surface area (Å²) in [6.45, 7) is 0. The zero-order chi connectivity index (χ0) is 19.1. The smallest absolute Gasteiger partial charge is 0.263 e. The summed E-state index contributed by atoms with van der Waals surface area (Å²) in [6, 6.07) is 25.9. The average Bonchev–Trinajstić information content (AvgIpc) is 3.10. The molecule has 3 heterocycles. The standard InChI is InChI=1S/C25H13N3O/c29-25-16-9-2-1-8-15(16)22-23-20(26-18-10-4-5-11-19(18)27-23)13-17-14-7-3-6-12-21(14)28(25)24(17)22/h1-13H. The molecule has 3 aromatic heterocycles. The number of nitrogens with zero attached hydrogens (tertiary/aromatic N) is 3. The molecule has 7 aromatic rings. The second-order valence-electron chi connectivity index (χ2n) is 7.43. The van der Waals surface area contributed by atoms with Crippen molar-refractivity contribution in [3.05, 3.63) is 89.2 Å². The highest BCUT2D eigenvalue weighted by Crippen LogP contribution is 2.38. The first-order valence-electron chi connectivity index (χ1n) is 9.58. The first-order chi connectivity index (χ1) is 14.3. The van der Waals surface area contributed by atoms with E-state index in [1.807, 2.05) is 71.1 Å². The summed E-state index contributed by atoms with van der Waals surface area (Å²) in [5.41, 5.74) is 5.25. The lowest BCUT2D eigenvalue weighted by molar-refractivity contribution is 1.21. The Balaban J connectivity index is 1.94. The van der Waals surface area contributed by atoms with Crippen LogP contribution in [0.25, 0.3) is 60.0 Å². The van der Waals surface area contributed by atoms with E-state index in [2.05, 4.69) is 12.1 Å². The summed E-state index contributed by atoms with van der Waals surface area (Å²) in [4.78, 5) is 23.3. The van der Waals surface area contributed by atoms with Gasteiger partial charge in [0.2, 0.25) is 0 Å². The van der Waals surface area contributed by atoms with Gasteiger partial charge in [-0.2, -0.15) is 0 Å². The third-order valence-electron chi connectivity index (χ3n) is 5.90. The summed E-state index contributed by atoms with van der Waals surface area (Å²) in [5.74, 6) is 0. The van der Waals surface area contributed by atoms with E-state index in [0.717, 1.165) is 54.6 Å². The summed E-state index contributed by atoms with van der Waals surface area (Å²) in [5, 5.41) is 4.71. The lowest BCUT2D eigenvalue weighted by Crippen LogP contribution is -2.13. The van der Waals surface area contributed by atoms with Crippen molar-refractivity contribution in [2.45, 2.75) is 0 Å². The maximum atomic E-state index is 13.4. The minimum absolute atomic E-state index is 0.00685. The fourth-order valence-electron chi connectivity index (χ4n) is 4.68. The van der Waals surface area contributed by atoms with Gasteiger partial charge in [0.1, 0.15) is 0 Å². The molecule has 0 radical (unpaired) electrons. The molecule has 0 aliphatic heterocycles. The monoisotopic (exact) mass is 371 g/mol. The molecule has 0 atom stereocenters. The Hall–Kier alpha value is -4.05. The molecule has 0 spiro atoms. The summed E-state index contributed by atoms with van der Waals surface area (Å²) in [6.07, 6.45) is 0. The van der Waals surface area contributed by atoms with E-state index in [0.29, 0.717) is 5.39 Å². The van der Waals surface area contributed by atoms with Crippen LogP contribution in [-0.2, 0) is 0 Å². The van der Waals surface area contributed by atoms with Crippen LogP contribution in [0.3, 0.4) is 0 Å². The number of rotatable bonds is 0. The fraction of sp³-hybridized carbons (Fsp3) is 0. The number of para-hydroxylation sites is 3. The zero-order valence-corrected chi connectivity index (χ0v) is 15.3. The minimum atomic E-state index is 0.00685. The quantitative estimate of drug-likeness (QED) is 0.269. The number of hydrogen-bond donors (Lipinski definition) is 0. The van der Waals surface area contributed by atoms with Gasteiger partial charge in [-0.05, 0) is 35.7 Å². The Labute approximate surface area is 164 Å². The van der Waals surface area contributed by atoms with Crippen molar-refractivity contribution in [1.82, 2.24) is 14.4 Å². The average molecular weight is 371 g/mol. The topological polar surface area (TPSA) is 47.3 Å². The molecule has 4 nitrogen and oxygen atoms in total. The van der Waals surface area contributed by atoms with Gasteiger partial charge in [-0.3, -0.25) is 9.20 Å². The highest BCUT2D eigenvalue weighted by Gasteiger charge is 2.20. The van der Waals surface area contributed by atoms with Crippen LogP contribution in [0.5, 0.6) is 0 Å². The second-order valence-corrected chi connectivity index (χ2v) is 7.43. The molecule has 0 saturated carbocycles. The SMILES string of the molecule is O=c1c2ccccc2c2c3nc4ccccc4nc3cc3c4ccccc4n1c32. The molecule has 0 aliphatic rings. The van der Waals surface area contributed by atoms with Gasteiger partial charge in [0.15, 0.2) is 0 Å². The van der Waals surface area contributed by atoms with Crippen molar-refractivity contribution >= 4 is 60.0 Å². The predicted octanol–water partition coefficient (Wildman–Crippen LogP) is 5.29. The molecular weight excluding hydrogens is 358 g/mol. The molecule has 0 bridgehead atoms. The van der Waals surface area contributed by atoms with Crippen molar-refractivity contribution in [1.29, 1.82) is 0 Å². The number of aromatic nitrogens is 3. The van der Waals surface area contributed by atoms with Crippen molar-refractivity contribution in [2.75, 3.05) is 0 Å². The van der Waals surface area contributed by atoms with Crippen LogP contribution in [-0.4, -0.2) is 14.4 Å². The van der Waals surface area contributed by atoms with Crippen LogP contribution in [0.4, 0.5) is 0 Å². The molecule has 0 fully saturated rings. The van der Waals surface area contributed by atoms with Gasteiger partial charge in [-0.15, -0.1) is 0 Å². The summed E-state index contributed by atoms with van der Waals surface area (Å²) in [7, 11) is 0. The van der Waals surface area contributed by atoms with E-state index >= 15 is 0 Å². The molecule has 134 valence electrons. The number of hydrogen-bond acceptors (Lipinski definition) is 3. The van der Waals surface area contributed by atoms with Crippen LogP contribution in [0.15, 0.2) is 83.7 Å². The van der Waals surface area contributed by atoms with E-state index in [-0.39, 0.29) is 5.56 Å². The van der Waals surface area contributed by atoms with E-state index < -0.39 is 0 Å². The van der Waals surface area contributed by atoms with E-state index in [9.17, 15) is 4.79 Å². The van der Waals surface area contributed by atoms with E-state index in [4.69, 9.17) is 9.97 Å². The molecule has 0 unspecified atom stereocenters. The van der Waals surface area contributed by atoms with E-state index in [1.165, 1.54) is 0 Å².